The number of anilines is 2. The molecule has 0 aliphatic rings. The van der Waals surface area contributed by atoms with E-state index in [4.69, 9.17) is 16.3 Å². The number of carbonyl (C=O) groups is 1. The molecule has 1 amide bonds. The lowest BCUT2D eigenvalue weighted by molar-refractivity contribution is -0.114. The van der Waals surface area contributed by atoms with Crippen molar-refractivity contribution in [2.24, 2.45) is 0 Å². The van der Waals surface area contributed by atoms with Gasteiger partial charge < -0.3 is 15.4 Å². The molecule has 4 aromatic carbocycles. The van der Waals surface area contributed by atoms with E-state index >= 15 is 0 Å². The molecule has 0 saturated heterocycles. The van der Waals surface area contributed by atoms with Crippen LogP contribution in [0.2, 0.25) is 5.02 Å². The van der Waals surface area contributed by atoms with Crippen LogP contribution < -0.4 is 15.4 Å². The molecule has 0 bridgehead atoms. The van der Waals surface area contributed by atoms with Crippen LogP contribution in [0.4, 0.5) is 15.8 Å². The summed E-state index contributed by atoms with van der Waals surface area (Å²) in [5, 5.41) is 8.71. The normalized spacial score (nSPS) is 10.7. The Bertz CT molecular complexity index is 1260. The van der Waals surface area contributed by atoms with E-state index in [-0.39, 0.29) is 18.3 Å². The van der Waals surface area contributed by atoms with Gasteiger partial charge in [-0.2, -0.15) is 0 Å². The van der Waals surface area contributed by atoms with Gasteiger partial charge in [0.05, 0.1) is 5.02 Å². The lowest BCUT2D eigenvalue weighted by atomic mass is 10.0. The lowest BCUT2D eigenvalue weighted by Gasteiger charge is -2.16. The summed E-state index contributed by atoms with van der Waals surface area (Å²) in [6.45, 7) is 2.25. The van der Waals surface area contributed by atoms with Crippen molar-refractivity contribution in [3.63, 3.8) is 0 Å². The molecule has 4 rings (SSSR count). The van der Waals surface area contributed by atoms with Gasteiger partial charge in [-0.15, -0.1) is 0 Å². The Balaban J connectivity index is 1.56. The number of hydrogen-bond acceptors (Lipinski definition) is 3. The summed E-state index contributed by atoms with van der Waals surface area (Å²) in [7, 11) is 0. The predicted molar refractivity (Wildman–Crippen MR) is 128 cm³/mol. The SMILES string of the molecule is CC(=O)Nc1ccc(NCc2c(OCc3ccc(F)cc3Cl)ccc3ccccc23)cc1. The Kier molecular flexibility index (Phi) is 6.57. The maximum atomic E-state index is 13.3. The van der Waals surface area contributed by atoms with Crippen LogP contribution in [0.15, 0.2) is 78.9 Å². The van der Waals surface area contributed by atoms with Crippen molar-refractivity contribution >= 4 is 39.7 Å². The number of nitrogens with one attached hydrogen (secondary N) is 2. The monoisotopic (exact) mass is 448 g/mol. The zero-order valence-corrected chi connectivity index (χ0v) is 18.2. The van der Waals surface area contributed by atoms with Gasteiger partial charge in [-0.25, -0.2) is 4.39 Å². The van der Waals surface area contributed by atoms with Crippen molar-refractivity contribution in [3.8, 4) is 5.75 Å². The van der Waals surface area contributed by atoms with E-state index in [0.29, 0.717) is 17.1 Å². The molecule has 2 N–H and O–H groups in total. The third-order valence-corrected chi connectivity index (χ3v) is 5.42. The molecule has 32 heavy (non-hydrogen) atoms. The zero-order valence-electron chi connectivity index (χ0n) is 17.5. The number of amides is 1. The smallest absolute Gasteiger partial charge is 0.221 e. The molecule has 0 heterocycles. The topological polar surface area (TPSA) is 50.4 Å². The molecular weight excluding hydrogens is 427 g/mol. The van der Waals surface area contributed by atoms with Gasteiger partial charge in [-0.1, -0.05) is 48.0 Å². The van der Waals surface area contributed by atoms with Gasteiger partial charge in [0.2, 0.25) is 5.91 Å². The second kappa shape index (κ2) is 9.71. The Morgan fingerprint density at radius 1 is 0.969 bits per heavy atom. The summed E-state index contributed by atoms with van der Waals surface area (Å²) in [4.78, 5) is 11.2. The first-order chi connectivity index (χ1) is 15.5. The van der Waals surface area contributed by atoms with Gasteiger partial charge >= 0.3 is 0 Å². The van der Waals surface area contributed by atoms with E-state index < -0.39 is 0 Å². The second-order valence-corrected chi connectivity index (χ2v) is 7.81. The van der Waals surface area contributed by atoms with Crippen molar-refractivity contribution < 1.29 is 13.9 Å². The molecular formula is C26H22ClFN2O2. The molecule has 0 aromatic heterocycles. The van der Waals surface area contributed by atoms with Crippen LogP contribution in [-0.2, 0) is 17.9 Å². The fraction of sp³-hybridized carbons (Fsp3) is 0.115. The molecule has 4 nitrogen and oxygen atoms in total. The molecule has 0 fully saturated rings. The first kappa shape index (κ1) is 21.7. The van der Waals surface area contributed by atoms with Crippen LogP contribution in [0, 0.1) is 5.82 Å². The number of benzene rings is 4. The zero-order chi connectivity index (χ0) is 22.5. The van der Waals surface area contributed by atoms with Crippen molar-refractivity contribution in [2.45, 2.75) is 20.1 Å². The summed E-state index contributed by atoms with van der Waals surface area (Å²) in [6.07, 6.45) is 0. The molecule has 0 aliphatic heterocycles. The highest BCUT2D eigenvalue weighted by Gasteiger charge is 2.11. The van der Waals surface area contributed by atoms with E-state index in [9.17, 15) is 9.18 Å². The highest BCUT2D eigenvalue weighted by molar-refractivity contribution is 6.31. The molecule has 0 aliphatic carbocycles. The summed E-state index contributed by atoms with van der Waals surface area (Å²) in [5.41, 5.74) is 3.38. The molecule has 0 unspecified atom stereocenters. The molecule has 162 valence electrons. The van der Waals surface area contributed by atoms with Crippen molar-refractivity contribution in [2.75, 3.05) is 10.6 Å². The van der Waals surface area contributed by atoms with E-state index in [2.05, 4.69) is 22.8 Å². The van der Waals surface area contributed by atoms with Crippen LogP contribution in [0.1, 0.15) is 18.1 Å². The molecule has 0 radical (unpaired) electrons. The molecule has 0 atom stereocenters. The Labute approximate surface area is 191 Å². The predicted octanol–water partition coefficient (Wildman–Crippen LogP) is 6.78. The number of hydrogen-bond donors (Lipinski definition) is 2. The quantitative estimate of drug-likeness (QED) is 0.327. The van der Waals surface area contributed by atoms with Crippen LogP contribution in [0.25, 0.3) is 10.8 Å². The minimum Gasteiger partial charge on any atom is -0.488 e. The second-order valence-electron chi connectivity index (χ2n) is 7.40. The van der Waals surface area contributed by atoms with Crippen molar-refractivity contribution in [3.05, 3.63) is 101 Å². The number of fused-ring (bicyclic) bond motifs is 1. The summed E-state index contributed by atoms with van der Waals surface area (Å²) >= 11 is 6.16. The molecule has 4 aromatic rings. The highest BCUT2D eigenvalue weighted by atomic mass is 35.5. The first-order valence-electron chi connectivity index (χ1n) is 10.2. The summed E-state index contributed by atoms with van der Waals surface area (Å²) < 4.78 is 19.5. The van der Waals surface area contributed by atoms with E-state index in [0.717, 1.165) is 33.5 Å². The standard InChI is InChI=1S/C26H22ClFN2O2/c1-17(31)30-22-11-9-21(10-12-22)29-15-24-23-5-3-2-4-18(23)7-13-26(24)32-16-19-6-8-20(28)14-25(19)27/h2-14,29H,15-16H2,1H3,(H,30,31). The van der Waals surface area contributed by atoms with Crippen LogP contribution in [0.5, 0.6) is 5.75 Å². The minimum atomic E-state index is -0.376. The lowest BCUT2D eigenvalue weighted by Crippen LogP contribution is -2.06. The maximum Gasteiger partial charge on any atom is 0.221 e. The van der Waals surface area contributed by atoms with Gasteiger partial charge in [0, 0.05) is 36.0 Å². The Morgan fingerprint density at radius 2 is 1.72 bits per heavy atom. The first-order valence-corrected chi connectivity index (χ1v) is 10.6. The van der Waals surface area contributed by atoms with Crippen molar-refractivity contribution in [1.29, 1.82) is 0 Å². The largest absolute Gasteiger partial charge is 0.488 e. The van der Waals surface area contributed by atoms with Crippen LogP contribution >= 0.6 is 11.6 Å². The fourth-order valence-electron chi connectivity index (χ4n) is 3.49. The third kappa shape index (κ3) is 5.18. The van der Waals surface area contributed by atoms with Gasteiger partial charge in [0.15, 0.2) is 0 Å². The highest BCUT2D eigenvalue weighted by Crippen LogP contribution is 2.30. The van der Waals surface area contributed by atoms with E-state index in [1.807, 2.05) is 48.5 Å². The van der Waals surface area contributed by atoms with Crippen LogP contribution in [0.3, 0.4) is 0 Å². The summed E-state index contributed by atoms with van der Waals surface area (Å²) in [5.74, 6) is 0.245. The Morgan fingerprint density at radius 3 is 2.47 bits per heavy atom. The number of rotatable bonds is 7. The average molecular weight is 449 g/mol. The number of halogens is 2. The molecule has 0 spiro atoms. The van der Waals surface area contributed by atoms with Gasteiger partial charge in [0.25, 0.3) is 0 Å². The number of carbonyl (C=O) groups excluding carboxylic acids is 1. The van der Waals surface area contributed by atoms with E-state index in [1.165, 1.54) is 19.1 Å². The van der Waals surface area contributed by atoms with Crippen LogP contribution in [-0.4, -0.2) is 5.91 Å². The maximum absolute atomic E-state index is 13.3. The minimum absolute atomic E-state index is 0.107. The Hall–Kier alpha value is -3.57. The summed E-state index contributed by atoms with van der Waals surface area (Å²) in [6, 6.07) is 23.9. The third-order valence-electron chi connectivity index (χ3n) is 5.07. The van der Waals surface area contributed by atoms with Gasteiger partial charge in [-0.3, -0.25) is 4.79 Å². The average Bonchev–Trinajstić information content (AvgIpc) is 2.78. The van der Waals surface area contributed by atoms with Crippen molar-refractivity contribution in [1.82, 2.24) is 0 Å². The molecule has 0 saturated carbocycles. The molecule has 6 heteroatoms. The number of ether oxygens (including phenoxy) is 1. The van der Waals surface area contributed by atoms with Gasteiger partial charge in [-0.05, 0) is 53.2 Å². The van der Waals surface area contributed by atoms with Gasteiger partial charge in [0.1, 0.15) is 18.2 Å². The fourth-order valence-corrected chi connectivity index (χ4v) is 3.71. The van der Waals surface area contributed by atoms with E-state index in [1.54, 1.807) is 6.07 Å².